The van der Waals surface area contributed by atoms with Gasteiger partial charge in [0.2, 0.25) is 5.89 Å². The van der Waals surface area contributed by atoms with Crippen molar-refractivity contribution in [2.45, 2.75) is 52.4 Å². The van der Waals surface area contributed by atoms with Gasteiger partial charge in [-0.15, -0.1) is 0 Å². The van der Waals surface area contributed by atoms with E-state index < -0.39 is 0 Å². The topological polar surface area (TPSA) is 38.9 Å². The maximum Gasteiger partial charge on any atom is 0.228 e. The molecule has 0 radical (unpaired) electrons. The first-order chi connectivity index (χ1) is 10.6. The Morgan fingerprint density at radius 2 is 1.48 bits per heavy atom. The van der Waals surface area contributed by atoms with Crippen LogP contribution in [0.1, 0.15) is 52.7 Å². The predicted octanol–water partition coefficient (Wildman–Crippen LogP) is 5.48. The van der Waals surface area contributed by atoms with Crippen LogP contribution in [0.4, 0.5) is 0 Å². The first-order valence-electron chi connectivity index (χ1n) is 8.02. The van der Waals surface area contributed by atoms with Crippen molar-refractivity contribution >= 4 is 11.2 Å². The lowest BCUT2D eigenvalue weighted by atomic mass is 9.79. The highest BCUT2D eigenvalue weighted by molar-refractivity contribution is 5.72. The van der Waals surface area contributed by atoms with E-state index in [1.54, 1.807) is 6.20 Å². The third-order valence-electron chi connectivity index (χ3n) is 4.08. The average molecular weight is 308 g/mol. The summed E-state index contributed by atoms with van der Waals surface area (Å²) >= 11 is 0. The minimum Gasteiger partial charge on any atom is -0.434 e. The molecule has 2 aromatic heterocycles. The fourth-order valence-corrected chi connectivity index (χ4v) is 2.51. The van der Waals surface area contributed by atoms with Crippen molar-refractivity contribution in [3.63, 3.8) is 0 Å². The number of benzene rings is 1. The van der Waals surface area contributed by atoms with Crippen LogP contribution < -0.4 is 0 Å². The summed E-state index contributed by atoms with van der Waals surface area (Å²) in [6.07, 6.45) is 1.74. The molecule has 3 nitrogen and oxygen atoms in total. The Balaban J connectivity index is 2.21. The molecule has 3 aromatic rings. The van der Waals surface area contributed by atoms with Gasteiger partial charge in [0, 0.05) is 11.8 Å². The van der Waals surface area contributed by atoms with Gasteiger partial charge < -0.3 is 4.42 Å². The van der Waals surface area contributed by atoms with Crippen LogP contribution in [0.25, 0.3) is 22.7 Å². The van der Waals surface area contributed by atoms with Gasteiger partial charge in [-0.2, -0.15) is 4.98 Å². The third-order valence-corrected chi connectivity index (χ3v) is 4.08. The molecule has 0 N–H and O–H groups in total. The Bertz CT molecular complexity index is 783. The van der Waals surface area contributed by atoms with Gasteiger partial charge in [0.25, 0.3) is 0 Å². The second kappa shape index (κ2) is 5.19. The van der Waals surface area contributed by atoms with E-state index in [-0.39, 0.29) is 10.8 Å². The zero-order chi connectivity index (χ0) is 16.8. The largest absolute Gasteiger partial charge is 0.434 e. The fourth-order valence-electron chi connectivity index (χ4n) is 2.51. The zero-order valence-electron chi connectivity index (χ0n) is 14.8. The molecule has 120 valence electrons. The normalized spacial score (nSPS) is 12.8. The van der Waals surface area contributed by atoms with Gasteiger partial charge in [-0.3, -0.25) is 0 Å². The van der Waals surface area contributed by atoms with Crippen molar-refractivity contribution < 1.29 is 4.42 Å². The number of hydrogen-bond acceptors (Lipinski definition) is 3. The quantitative estimate of drug-likeness (QED) is 0.597. The van der Waals surface area contributed by atoms with Crippen molar-refractivity contribution in [2.24, 2.45) is 0 Å². The van der Waals surface area contributed by atoms with Gasteiger partial charge in [0.15, 0.2) is 11.2 Å². The second-order valence-corrected chi connectivity index (χ2v) is 8.14. The molecule has 0 spiro atoms. The van der Waals surface area contributed by atoms with Crippen LogP contribution in [0.2, 0.25) is 0 Å². The van der Waals surface area contributed by atoms with Crippen LogP contribution in [-0.4, -0.2) is 9.97 Å². The predicted molar refractivity (Wildman–Crippen MR) is 94.6 cm³/mol. The Labute approximate surface area is 137 Å². The van der Waals surface area contributed by atoms with Crippen molar-refractivity contribution in [1.82, 2.24) is 9.97 Å². The van der Waals surface area contributed by atoms with Crippen LogP contribution in [0, 0.1) is 0 Å². The molecule has 0 unspecified atom stereocenters. The Morgan fingerprint density at radius 1 is 0.870 bits per heavy atom. The SMILES string of the molecule is CC(C)(C)c1cc(-c2nc3ncccc3o2)cc(C(C)(C)C)c1. The Morgan fingerprint density at radius 3 is 2.00 bits per heavy atom. The molecule has 3 heteroatoms. The van der Waals surface area contributed by atoms with Crippen molar-refractivity contribution in [2.75, 3.05) is 0 Å². The zero-order valence-corrected chi connectivity index (χ0v) is 14.8. The van der Waals surface area contributed by atoms with Crippen molar-refractivity contribution in [1.29, 1.82) is 0 Å². The molecule has 0 saturated carbocycles. The maximum atomic E-state index is 5.92. The maximum absolute atomic E-state index is 5.92. The van der Waals surface area contributed by atoms with Crippen LogP contribution in [0.5, 0.6) is 0 Å². The molecule has 0 saturated heterocycles. The summed E-state index contributed by atoms with van der Waals surface area (Å²) < 4.78 is 5.92. The summed E-state index contributed by atoms with van der Waals surface area (Å²) in [4.78, 5) is 8.82. The van der Waals surface area contributed by atoms with Crippen LogP contribution >= 0.6 is 0 Å². The molecule has 0 aliphatic heterocycles. The number of hydrogen-bond donors (Lipinski definition) is 0. The smallest absolute Gasteiger partial charge is 0.228 e. The molecule has 23 heavy (non-hydrogen) atoms. The van der Waals surface area contributed by atoms with Crippen LogP contribution in [0.15, 0.2) is 40.9 Å². The summed E-state index contributed by atoms with van der Waals surface area (Å²) in [5.74, 6) is 0.635. The van der Waals surface area contributed by atoms with Gasteiger partial charge in [-0.1, -0.05) is 47.6 Å². The standard InChI is InChI=1S/C20H24N2O/c1-19(2,3)14-10-13(11-15(12-14)20(4,5)6)18-22-17-16(23-18)8-7-9-21-17/h7-12H,1-6H3. The van der Waals surface area contributed by atoms with Crippen LogP contribution in [0.3, 0.4) is 0 Å². The highest BCUT2D eigenvalue weighted by Crippen LogP contribution is 2.34. The minimum atomic E-state index is 0.0697. The third kappa shape index (κ3) is 3.14. The molecular weight excluding hydrogens is 284 g/mol. The molecule has 0 bridgehead atoms. The molecule has 3 rings (SSSR count). The van der Waals surface area contributed by atoms with E-state index >= 15 is 0 Å². The molecule has 0 amide bonds. The lowest BCUT2D eigenvalue weighted by Crippen LogP contribution is -2.16. The summed E-state index contributed by atoms with van der Waals surface area (Å²) in [5, 5.41) is 0. The van der Waals surface area contributed by atoms with E-state index in [0.717, 1.165) is 11.1 Å². The van der Waals surface area contributed by atoms with E-state index in [2.05, 4.69) is 69.7 Å². The number of rotatable bonds is 1. The molecule has 2 heterocycles. The number of nitrogens with zero attached hydrogens (tertiary/aromatic N) is 2. The monoisotopic (exact) mass is 308 g/mol. The molecule has 0 fully saturated rings. The molecule has 0 atom stereocenters. The van der Waals surface area contributed by atoms with Gasteiger partial charge in [0.05, 0.1) is 0 Å². The molecule has 0 aliphatic carbocycles. The van der Waals surface area contributed by atoms with Gasteiger partial charge in [0.1, 0.15) is 0 Å². The number of aromatic nitrogens is 2. The van der Waals surface area contributed by atoms with Gasteiger partial charge >= 0.3 is 0 Å². The van der Waals surface area contributed by atoms with Gasteiger partial charge in [-0.05, 0) is 46.2 Å². The first kappa shape index (κ1) is 15.7. The lowest BCUT2D eigenvalue weighted by molar-refractivity contribution is 0.567. The molecular formula is C20H24N2O. The average Bonchev–Trinajstić information content (AvgIpc) is 2.89. The fraction of sp³-hybridized carbons (Fsp3) is 0.400. The Hall–Kier alpha value is -2.16. The minimum absolute atomic E-state index is 0.0697. The summed E-state index contributed by atoms with van der Waals surface area (Å²) in [5.41, 5.74) is 5.10. The van der Waals surface area contributed by atoms with E-state index in [4.69, 9.17) is 4.42 Å². The highest BCUT2D eigenvalue weighted by atomic mass is 16.3. The number of fused-ring (bicyclic) bond motifs is 1. The number of pyridine rings is 1. The first-order valence-corrected chi connectivity index (χ1v) is 8.02. The van der Waals surface area contributed by atoms with E-state index in [0.29, 0.717) is 11.5 Å². The number of oxazole rings is 1. The van der Waals surface area contributed by atoms with Gasteiger partial charge in [-0.25, -0.2) is 4.98 Å². The second-order valence-electron chi connectivity index (χ2n) is 8.14. The summed E-state index contributed by atoms with van der Waals surface area (Å²) in [7, 11) is 0. The van der Waals surface area contributed by atoms with Crippen molar-refractivity contribution in [3.05, 3.63) is 47.7 Å². The van der Waals surface area contributed by atoms with Crippen molar-refractivity contribution in [3.8, 4) is 11.5 Å². The van der Waals surface area contributed by atoms with E-state index in [9.17, 15) is 0 Å². The Kier molecular flexibility index (Phi) is 3.55. The summed E-state index contributed by atoms with van der Waals surface area (Å²) in [6.45, 7) is 13.4. The van der Waals surface area contributed by atoms with E-state index in [1.807, 2.05) is 12.1 Å². The molecule has 0 aliphatic rings. The molecule has 1 aromatic carbocycles. The summed E-state index contributed by atoms with van der Waals surface area (Å²) in [6, 6.07) is 10.4. The lowest BCUT2D eigenvalue weighted by Gasteiger charge is -2.25. The van der Waals surface area contributed by atoms with Crippen LogP contribution in [-0.2, 0) is 10.8 Å². The van der Waals surface area contributed by atoms with E-state index in [1.165, 1.54) is 11.1 Å². The highest BCUT2D eigenvalue weighted by Gasteiger charge is 2.22.